The molecular formula is C16H19N7O. The number of hydrogen-bond acceptors (Lipinski definition) is 7. The van der Waals surface area contributed by atoms with Crippen LogP contribution in [0.4, 0.5) is 11.8 Å². The molecule has 1 fully saturated rings. The summed E-state index contributed by atoms with van der Waals surface area (Å²) in [7, 11) is 0. The van der Waals surface area contributed by atoms with Crippen LogP contribution in [0.25, 0.3) is 10.9 Å². The average Bonchev–Trinajstić information content (AvgIpc) is 2.56. The molecule has 8 heteroatoms. The number of carbonyl (C=O) groups excluding carboxylic acids is 1. The van der Waals surface area contributed by atoms with Gasteiger partial charge in [-0.05, 0) is 26.3 Å². The summed E-state index contributed by atoms with van der Waals surface area (Å²) in [4.78, 5) is 24.4. The summed E-state index contributed by atoms with van der Waals surface area (Å²) in [6.07, 6.45) is 2.93. The lowest BCUT2D eigenvalue weighted by Gasteiger charge is -2.23. The number of pyridine rings is 1. The van der Waals surface area contributed by atoms with Crippen molar-refractivity contribution in [2.75, 3.05) is 17.2 Å². The molecule has 1 aliphatic rings. The molecule has 0 spiro atoms. The van der Waals surface area contributed by atoms with E-state index >= 15 is 0 Å². The molecule has 0 saturated carbocycles. The number of carbonyl (C=O) groups is 1. The second kappa shape index (κ2) is 6.66. The van der Waals surface area contributed by atoms with E-state index in [9.17, 15) is 4.79 Å². The molecule has 1 saturated heterocycles. The first-order valence-electron chi connectivity index (χ1n) is 7.93. The lowest BCUT2D eigenvalue weighted by molar-refractivity contribution is -0.122. The second-order valence-corrected chi connectivity index (χ2v) is 6.08. The fourth-order valence-corrected chi connectivity index (χ4v) is 2.58. The Morgan fingerprint density at radius 2 is 2.25 bits per heavy atom. The van der Waals surface area contributed by atoms with Gasteiger partial charge in [-0.25, -0.2) is 15.0 Å². The summed E-state index contributed by atoms with van der Waals surface area (Å²) >= 11 is 0. The normalized spacial score (nSPS) is 17.4. The second-order valence-electron chi connectivity index (χ2n) is 6.08. The average molecular weight is 325 g/mol. The Kier molecular flexibility index (Phi) is 4.42. The molecule has 1 amide bonds. The summed E-state index contributed by atoms with van der Waals surface area (Å²) in [5.74, 6) is 1.13. The lowest BCUT2D eigenvalue weighted by Crippen LogP contribution is -2.42. The van der Waals surface area contributed by atoms with Crippen LogP contribution in [-0.4, -0.2) is 39.5 Å². The third-order valence-electron chi connectivity index (χ3n) is 3.70. The van der Waals surface area contributed by atoms with Crippen molar-refractivity contribution < 1.29 is 4.79 Å². The highest BCUT2D eigenvalue weighted by Crippen LogP contribution is 2.22. The number of hydrogen-bond donors (Lipinski definition) is 3. The number of nitrogens with zero attached hydrogens (tertiary/aromatic N) is 4. The van der Waals surface area contributed by atoms with Gasteiger partial charge in [0.15, 0.2) is 5.82 Å². The first kappa shape index (κ1) is 15.9. The van der Waals surface area contributed by atoms with Crippen molar-refractivity contribution in [2.45, 2.75) is 38.8 Å². The zero-order chi connectivity index (χ0) is 17.1. The van der Waals surface area contributed by atoms with Crippen LogP contribution in [0.2, 0.25) is 0 Å². The molecule has 0 aromatic carbocycles. The highest BCUT2D eigenvalue weighted by molar-refractivity contribution is 5.89. The molecule has 8 nitrogen and oxygen atoms in total. The van der Waals surface area contributed by atoms with E-state index in [1.165, 1.54) is 0 Å². The molecule has 0 bridgehead atoms. The molecule has 0 aliphatic carbocycles. The fraction of sp³-hybridized carbons (Fsp3) is 0.438. The van der Waals surface area contributed by atoms with Gasteiger partial charge in [-0.3, -0.25) is 4.79 Å². The van der Waals surface area contributed by atoms with Crippen LogP contribution in [0.1, 0.15) is 32.4 Å². The van der Waals surface area contributed by atoms with E-state index in [-0.39, 0.29) is 18.0 Å². The molecule has 2 aromatic rings. The Morgan fingerprint density at radius 3 is 2.92 bits per heavy atom. The predicted molar refractivity (Wildman–Crippen MR) is 90.5 cm³/mol. The van der Waals surface area contributed by atoms with Gasteiger partial charge in [0.2, 0.25) is 11.9 Å². The number of amides is 1. The van der Waals surface area contributed by atoms with Gasteiger partial charge >= 0.3 is 0 Å². The zero-order valence-electron chi connectivity index (χ0n) is 13.6. The standard InChI is InChI=1S/C16H19N7O/c1-9(2)20-15-14-10(5-12(6-17)21-15)7-19-16(23-14)22-11-3-4-13(24)18-8-11/h5,7,9,11H,3-4,8H2,1-2H3,(H,18,24)(H,20,21)(H,19,22,23). The van der Waals surface area contributed by atoms with Crippen molar-refractivity contribution >= 4 is 28.6 Å². The third kappa shape index (κ3) is 3.51. The van der Waals surface area contributed by atoms with E-state index in [1.807, 2.05) is 13.8 Å². The smallest absolute Gasteiger partial charge is 0.223 e. The van der Waals surface area contributed by atoms with E-state index in [0.29, 0.717) is 35.9 Å². The van der Waals surface area contributed by atoms with Gasteiger partial charge in [0.05, 0.1) is 0 Å². The number of nitrogens with one attached hydrogen (secondary N) is 3. The number of anilines is 2. The number of rotatable bonds is 4. The van der Waals surface area contributed by atoms with Crippen LogP contribution < -0.4 is 16.0 Å². The molecule has 3 heterocycles. The van der Waals surface area contributed by atoms with Crippen LogP contribution in [0.3, 0.4) is 0 Å². The van der Waals surface area contributed by atoms with Crippen molar-refractivity contribution in [1.29, 1.82) is 5.26 Å². The minimum atomic E-state index is 0.0733. The summed E-state index contributed by atoms with van der Waals surface area (Å²) in [6.45, 7) is 4.55. The Labute approximate surface area is 139 Å². The van der Waals surface area contributed by atoms with E-state index in [2.05, 4.69) is 37.0 Å². The maximum absolute atomic E-state index is 11.2. The maximum atomic E-state index is 11.2. The van der Waals surface area contributed by atoms with Gasteiger partial charge in [0.1, 0.15) is 17.3 Å². The molecule has 24 heavy (non-hydrogen) atoms. The van der Waals surface area contributed by atoms with Crippen LogP contribution in [0.5, 0.6) is 0 Å². The highest BCUT2D eigenvalue weighted by Gasteiger charge is 2.19. The van der Waals surface area contributed by atoms with E-state index in [4.69, 9.17) is 5.26 Å². The zero-order valence-corrected chi connectivity index (χ0v) is 13.6. The third-order valence-corrected chi connectivity index (χ3v) is 3.70. The molecule has 1 atom stereocenters. The summed E-state index contributed by atoms with van der Waals surface area (Å²) in [5.41, 5.74) is 0.991. The van der Waals surface area contributed by atoms with Crippen molar-refractivity contribution in [3.05, 3.63) is 18.0 Å². The first-order valence-corrected chi connectivity index (χ1v) is 7.93. The predicted octanol–water partition coefficient (Wildman–Crippen LogP) is 1.41. The molecule has 2 aromatic heterocycles. The van der Waals surface area contributed by atoms with Crippen LogP contribution in [0, 0.1) is 11.3 Å². The molecule has 3 N–H and O–H groups in total. The SMILES string of the molecule is CC(C)Nc1nc(C#N)cc2cnc(NC3CCC(=O)NC3)nc12. The molecule has 124 valence electrons. The van der Waals surface area contributed by atoms with Crippen LogP contribution >= 0.6 is 0 Å². The topological polar surface area (TPSA) is 116 Å². The lowest BCUT2D eigenvalue weighted by atomic mass is 10.1. The Bertz CT molecular complexity index is 802. The summed E-state index contributed by atoms with van der Waals surface area (Å²) in [5, 5.41) is 19.2. The number of piperidine rings is 1. The van der Waals surface area contributed by atoms with Crippen LogP contribution in [-0.2, 0) is 4.79 Å². The maximum Gasteiger partial charge on any atom is 0.223 e. The van der Waals surface area contributed by atoms with E-state index in [1.54, 1.807) is 12.3 Å². The quantitative estimate of drug-likeness (QED) is 0.778. The van der Waals surface area contributed by atoms with E-state index in [0.717, 1.165) is 11.8 Å². The first-order chi connectivity index (χ1) is 11.5. The highest BCUT2D eigenvalue weighted by atomic mass is 16.1. The van der Waals surface area contributed by atoms with Crippen molar-refractivity contribution in [2.24, 2.45) is 0 Å². The largest absolute Gasteiger partial charge is 0.366 e. The monoisotopic (exact) mass is 325 g/mol. The number of aromatic nitrogens is 3. The van der Waals surface area contributed by atoms with Crippen molar-refractivity contribution in [3.8, 4) is 6.07 Å². The van der Waals surface area contributed by atoms with Crippen LogP contribution in [0.15, 0.2) is 12.3 Å². The van der Waals surface area contributed by atoms with Gasteiger partial charge in [-0.1, -0.05) is 0 Å². The van der Waals surface area contributed by atoms with Gasteiger partial charge < -0.3 is 16.0 Å². The van der Waals surface area contributed by atoms with Crippen molar-refractivity contribution in [1.82, 2.24) is 20.3 Å². The molecule has 1 aliphatic heterocycles. The Morgan fingerprint density at radius 1 is 1.42 bits per heavy atom. The fourth-order valence-electron chi connectivity index (χ4n) is 2.58. The Balaban J connectivity index is 1.91. The molecule has 1 unspecified atom stereocenters. The van der Waals surface area contributed by atoms with Gasteiger partial charge in [0.25, 0.3) is 0 Å². The molecule has 0 radical (unpaired) electrons. The number of nitriles is 1. The Hall–Kier alpha value is -2.95. The number of fused-ring (bicyclic) bond motifs is 1. The van der Waals surface area contributed by atoms with Crippen molar-refractivity contribution in [3.63, 3.8) is 0 Å². The minimum absolute atomic E-state index is 0.0733. The minimum Gasteiger partial charge on any atom is -0.366 e. The van der Waals surface area contributed by atoms with Gasteiger partial charge in [-0.15, -0.1) is 0 Å². The summed E-state index contributed by atoms with van der Waals surface area (Å²) in [6, 6.07) is 3.99. The summed E-state index contributed by atoms with van der Waals surface area (Å²) < 4.78 is 0. The van der Waals surface area contributed by atoms with Gasteiger partial charge in [-0.2, -0.15) is 5.26 Å². The van der Waals surface area contributed by atoms with Gasteiger partial charge in [0, 0.05) is 36.6 Å². The molecule has 3 rings (SSSR count). The molecular weight excluding hydrogens is 306 g/mol. The van der Waals surface area contributed by atoms with E-state index < -0.39 is 0 Å².